The summed E-state index contributed by atoms with van der Waals surface area (Å²) in [5, 5.41) is 9.37. The predicted octanol–water partition coefficient (Wildman–Crippen LogP) is 4.98. The number of anilines is 1. The highest BCUT2D eigenvalue weighted by atomic mass is 32.1. The summed E-state index contributed by atoms with van der Waals surface area (Å²) in [6.45, 7) is 5.94. The van der Waals surface area contributed by atoms with Crippen molar-refractivity contribution in [3.8, 4) is 22.8 Å². The lowest BCUT2D eigenvalue weighted by molar-refractivity contribution is 0.483. The van der Waals surface area contributed by atoms with Gasteiger partial charge in [0.2, 0.25) is 0 Å². The van der Waals surface area contributed by atoms with Crippen LogP contribution >= 0.6 is 11.3 Å². The van der Waals surface area contributed by atoms with Gasteiger partial charge in [-0.05, 0) is 55.7 Å². The fraction of sp³-hybridized carbons (Fsp3) is 0.238. The van der Waals surface area contributed by atoms with Gasteiger partial charge >= 0.3 is 0 Å². The summed E-state index contributed by atoms with van der Waals surface area (Å²) in [7, 11) is 0. The maximum Gasteiger partial charge on any atom is 0.197 e. The third kappa shape index (κ3) is 4.28. The Morgan fingerprint density at radius 1 is 1.11 bits per heavy atom. The fourth-order valence-electron chi connectivity index (χ4n) is 3.06. The van der Waals surface area contributed by atoms with Crippen LogP contribution < -0.4 is 15.4 Å². The molecule has 5 nitrogen and oxygen atoms in total. The van der Waals surface area contributed by atoms with E-state index in [-0.39, 0.29) is 0 Å². The highest BCUT2D eigenvalue weighted by molar-refractivity contribution is 7.14. The van der Waals surface area contributed by atoms with Crippen molar-refractivity contribution in [2.24, 2.45) is 4.99 Å². The number of nitrogens with one attached hydrogen (secondary N) is 2. The summed E-state index contributed by atoms with van der Waals surface area (Å²) >= 11 is 1.56. The van der Waals surface area contributed by atoms with Gasteiger partial charge in [0.15, 0.2) is 11.1 Å². The molecule has 0 unspecified atom stereocenters. The summed E-state index contributed by atoms with van der Waals surface area (Å²) in [5.41, 5.74) is 4.23. The van der Waals surface area contributed by atoms with Crippen LogP contribution in [0.25, 0.3) is 11.3 Å². The summed E-state index contributed by atoms with van der Waals surface area (Å²) in [6, 6.07) is 14.2. The average Bonchev–Trinajstić information content (AvgIpc) is 3.10. The van der Waals surface area contributed by atoms with E-state index >= 15 is 0 Å². The Balaban J connectivity index is 1.58. The second-order valence-electron chi connectivity index (χ2n) is 6.60. The van der Waals surface area contributed by atoms with Crippen LogP contribution in [0.3, 0.4) is 0 Å². The van der Waals surface area contributed by atoms with E-state index < -0.39 is 0 Å². The normalized spacial score (nSPS) is 13.6. The Morgan fingerprint density at radius 2 is 1.93 bits per heavy atom. The van der Waals surface area contributed by atoms with E-state index in [0.29, 0.717) is 0 Å². The van der Waals surface area contributed by atoms with Gasteiger partial charge in [-0.1, -0.05) is 18.2 Å². The molecule has 0 saturated heterocycles. The van der Waals surface area contributed by atoms with E-state index in [1.54, 1.807) is 11.3 Å². The molecule has 0 fully saturated rings. The minimum atomic E-state index is 0.793. The minimum absolute atomic E-state index is 0.793. The molecular weight excluding hydrogens is 356 g/mol. The number of benzene rings is 2. The smallest absolute Gasteiger partial charge is 0.197 e. The molecule has 2 N–H and O–H groups in total. The lowest BCUT2D eigenvalue weighted by atomic mass is 10.1. The number of guanidine groups is 1. The summed E-state index contributed by atoms with van der Waals surface area (Å²) in [4.78, 5) is 9.15. The van der Waals surface area contributed by atoms with E-state index in [1.165, 1.54) is 11.1 Å². The largest absolute Gasteiger partial charge is 0.457 e. The zero-order chi connectivity index (χ0) is 18.6. The zero-order valence-corrected chi connectivity index (χ0v) is 16.3. The van der Waals surface area contributed by atoms with Crippen molar-refractivity contribution in [1.29, 1.82) is 0 Å². The number of aliphatic imine (C=N–C) groups is 1. The lowest BCUT2D eigenvalue weighted by Crippen LogP contribution is -2.35. The molecule has 1 aliphatic rings. The summed E-state index contributed by atoms with van der Waals surface area (Å²) < 4.78 is 6.19. The van der Waals surface area contributed by atoms with Gasteiger partial charge in [-0.2, -0.15) is 0 Å². The van der Waals surface area contributed by atoms with Crippen molar-refractivity contribution in [2.45, 2.75) is 20.3 Å². The first kappa shape index (κ1) is 17.5. The van der Waals surface area contributed by atoms with Gasteiger partial charge in [0.25, 0.3) is 0 Å². The molecule has 1 aromatic heterocycles. The molecule has 2 heterocycles. The molecule has 27 heavy (non-hydrogen) atoms. The van der Waals surface area contributed by atoms with Crippen molar-refractivity contribution < 1.29 is 4.74 Å². The molecule has 1 aliphatic heterocycles. The molecular formula is C21H22N4OS. The zero-order valence-electron chi connectivity index (χ0n) is 15.5. The van der Waals surface area contributed by atoms with Gasteiger partial charge in [-0.3, -0.25) is 4.99 Å². The number of aryl methyl sites for hydroxylation is 2. The minimum Gasteiger partial charge on any atom is -0.457 e. The Morgan fingerprint density at radius 3 is 2.70 bits per heavy atom. The second kappa shape index (κ2) is 7.80. The molecule has 0 radical (unpaired) electrons. The number of thiazole rings is 1. The highest BCUT2D eigenvalue weighted by Crippen LogP contribution is 2.35. The third-order valence-electron chi connectivity index (χ3n) is 4.21. The van der Waals surface area contributed by atoms with Crippen LogP contribution in [-0.4, -0.2) is 24.0 Å². The van der Waals surface area contributed by atoms with Crippen LogP contribution in [0, 0.1) is 13.8 Å². The molecule has 138 valence electrons. The number of hydrogen-bond donors (Lipinski definition) is 2. The monoisotopic (exact) mass is 378 g/mol. The Bertz CT molecular complexity index is 960. The first-order chi connectivity index (χ1) is 13.2. The molecule has 2 aromatic carbocycles. The van der Waals surface area contributed by atoms with Crippen molar-refractivity contribution in [3.63, 3.8) is 0 Å². The van der Waals surface area contributed by atoms with Crippen LogP contribution in [0.5, 0.6) is 11.5 Å². The van der Waals surface area contributed by atoms with Gasteiger partial charge in [-0.15, -0.1) is 11.3 Å². The van der Waals surface area contributed by atoms with Crippen molar-refractivity contribution in [1.82, 2.24) is 10.3 Å². The van der Waals surface area contributed by atoms with Gasteiger partial charge in [-0.25, -0.2) is 4.98 Å². The van der Waals surface area contributed by atoms with Crippen LogP contribution in [0.4, 0.5) is 5.13 Å². The Hall–Kier alpha value is -2.86. The van der Waals surface area contributed by atoms with E-state index in [0.717, 1.165) is 53.4 Å². The molecule has 0 bridgehead atoms. The number of para-hydroxylation sites is 1. The van der Waals surface area contributed by atoms with Gasteiger partial charge in [0.1, 0.15) is 11.5 Å². The summed E-state index contributed by atoms with van der Waals surface area (Å²) in [6.07, 6.45) is 1.07. The maximum absolute atomic E-state index is 6.19. The standard InChI is InChI=1S/C21H22N4OS/c1-14-10-15(2)12-16(11-14)26-19-7-4-3-6-17(19)18-13-27-21(24-18)25-20-22-8-5-9-23-20/h3-4,6-7,10-13H,5,8-9H2,1-2H3,(H2,22,23,24,25). The fourth-order valence-corrected chi connectivity index (χ4v) is 3.77. The average molecular weight is 379 g/mol. The van der Waals surface area contributed by atoms with E-state index in [4.69, 9.17) is 9.72 Å². The number of aromatic nitrogens is 1. The SMILES string of the molecule is Cc1cc(C)cc(Oc2ccccc2-c2csc(NC3=NCCCN3)n2)c1. The van der Waals surface area contributed by atoms with Crippen molar-refractivity contribution in [3.05, 3.63) is 59.0 Å². The van der Waals surface area contributed by atoms with E-state index in [2.05, 4.69) is 35.5 Å². The second-order valence-corrected chi connectivity index (χ2v) is 7.45. The Labute approximate surface area is 163 Å². The number of hydrogen-bond acceptors (Lipinski definition) is 6. The first-order valence-corrected chi connectivity index (χ1v) is 9.92. The molecule has 4 rings (SSSR count). The number of rotatable bonds is 4. The third-order valence-corrected chi connectivity index (χ3v) is 4.97. The molecule has 0 spiro atoms. The highest BCUT2D eigenvalue weighted by Gasteiger charge is 2.13. The van der Waals surface area contributed by atoms with Gasteiger partial charge in [0, 0.05) is 24.0 Å². The van der Waals surface area contributed by atoms with Gasteiger partial charge in [0.05, 0.1) is 5.69 Å². The predicted molar refractivity (Wildman–Crippen MR) is 112 cm³/mol. The molecule has 0 atom stereocenters. The number of ether oxygens (including phenoxy) is 1. The molecule has 3 aromatic rings. The van der Waals surface area contributed by atoms with Crippen LogP contribution in [0.1, 0.15) is 17.5 Å². The van der Waals surface area contributed by atoms with Crippen molar-refractivity contribution in [2.75, 3.05) is 18.4 Å². The molecule has 0 aliphatic carbocycles. The first-order valence-electron chi connectivity index (χ1n) is 9.04. The topological polar surface area (TPSA) is 58.5 Å². The quantitative estimate of drug-likeness (QED) is 0.672. The van der Waals surface area contributed by atoms with Gasteiger partial charge < -0.3 is 15.4 Å². The van der Waals surface area contributed by atoms with Crippen molar-refractivity contribution >= 4 is 22.4 Å². The molecule has 6 heteroatoms. The molecule has 0 amide bonds. The van der Waals surface area contributed by atoms with Crippen LogP contribution in [0.15, 0.2) is 52.8 Å². The van der Waals surface area contributed by atoms with E-state index in [9.17, 15) is 0 Å². The lowest BCUT2D eigenvalue weighted by Gasteiger charge is -2.14. The molecule has 0 saturated carbocycles. The number of nitrogens with zero attached hydrogens (tertiary/aromatic N) is 2. The summed E-state index contributed by atoms with van der Waals surface area (Å²) in [5.74, 6) is 2.43. The Kier molecular flexibility index (Phi) is 5.07. The maximum atomic E-state index is 6.19. The van der Waals surface area contributed by atoms with Crippen LogP contribution in [0.2, 0.25) is 0 Å². The van der Waals surface area contributed by atoms with Crippen LogP contribution in [-0.2, 0) is 0 Å². The van der Waals surface area contributed by atoms with E-state index in [1.807, 2.05) is 41.8 Å².